The van der Waals surface area contributed by atoms with E-state index in [0.717, 1.165) is 25.2 Å². The smallest absolute Gasteiger partial charge is 0.0237 e. The van der Waals surface area contributed by atoms with Crippen molar-refractivity contribution in [1.29, 1.82) is 0 Å². The molecule has 1 heterocycles. The Morgan fingerprint density at radius 3 is 2.55 bits per heavy atom. The van der Waals surface area contributed by atoms with Crippen molar-refractivity contribution in [1.82, 2.24) is 15.1 Å². The van der Waals surface area contributed by atoms with Crippen molar-refractivity contribution in [3.63, 3.8) is 0 Å². The van der Waals surface area contributed by atoms with Crippen LogP contribution < -0.4 is 5.32 Å². The largest absolute Gasteiger partial charge is 0.310 e. The molecule has 0 bridgehead atoms. The van der Waals surface area contributed by atoms with E-state index in [1.54, 1.807) is 0 Å². The van der Waals surface area contributed by atoms with Crippen LogP contribution >= 0.6 is 0 Å². The molecule has 1 atom stereocenters. The van der Waals surface area contributed by atoms with Gasteiger partial charge in [0.25, 0.3) is 0 Å². The van der Waals surface area contributed by atoms with Crippen LogP contribution in [0.2, 0.25) is 0 Å². The van der Waals surface area contributed by atoms with Crippen molar-refractivity contribution in [2.75, 3.05) is 27.2 Å². The fourth-order valence-electron chi connectivity index (χ4n) is 3.04. The minimum Gasteiger partial charge on any atom is -0.310 e. The minimum absolute atomic E-state index is 0.728. The molecular formula is C17H27N3. The molecule has 1 aromatic carbocycles. The van der Waals surface area contributed by atoms with Crippen molar-refractivity contribution < 1.29 is 0 Å². The average Bonchev–Trinajstić information content (AvgIpc) is 3.15. The molecule has 3 heteroatoms. The van der Waals surface area contributed by atoms with Crippen molar-refractivity contribution in [3.8, 4) is 0 Å². The van der Waals surface area contributed by atoms with E-state index < -0.39 is 0 Å². The molecule has 0 spiro atoms. The third-order valence-electron chi connectivity index (χ3n) is 4.65. The van der Waals surface area contributed by atoms with Crippen LogP contribution in [0, 0.1) is 0 Å². The number of likely N-dealkylation sites (N-methyl/N-ethyl adjacent to an activating group) is 1. The van der Waals surface area contributed by atoms with Gasteiger partial charge in [0.15, 0.2) is 0 Å². The molecule has 1 aliphatic heterocycles. The Hall–Kier alpha value is -0.900. The highest BCUT2D eigenvalue weighted by Crippen LogP contribution is 2.21. The first kappa shape index (κ1) is 14.1. The normalized spacial score (nSPS) is 23.6. The summed E-state index contributed by atoms with van der Waals surface area (Å²) in [6.07, 6.45) is 4.02. The molecule has 0 amide bonds. The van der Waals surface area contributed by atoms with E-state index in [9.17, 15) is 0 Å². The Morgan fingerprint density at radius 1 is 1.15 bits per heavy atom. The summed E-state index contributed by atoms with van der Waals surface area (Å²) in [5, 5.41) is 3.64. The standard InChI is InChI=1S/C17H27N3/c1-19(2)17-9-10-20(13-17)12-15-6-4-3-5-14(15)11-18-16-7-8-16/h3-6,16-18H,7-13H2,1-2H3. The van der Waals surface area contributed by atoms with Crippen LogP contribution in [0.3, 0.4) is 0 Å². The van der Waals surface area contributed by atoms with Gasteiger partial charge in [-0.25, -0.2) is 0 Å². The van der Waals surface area contributed by atoms with Gasteiger partial charge in [0.2, 0.25) is 0 Å². The molecule has 1 unspecified atom stereocenters. The van der Waals surface area contributed by atoms with E-state index in [4.69, 9.17) is 0 Å². The molecule has 1 aliphatic carbocycles. The Morgan fingerprint density at radius 2 is 1.90 bits per heavy atom. The van der Waals surface area contributed by atoms with Gasteiger partial charge in [-0.05, 0) is 44.5 Å². The van der Waals surface area contributed by atoms with Crippen LogP contribution in [0.4, 0.5) is 0 Å². The molecule has 1 aromatic rings. The number of nitrogens with zero attached hydrogens (tertiary/aromatic N) is 2. The summed E-state index contributed by atoms with van der Waals surface area (Å²) in [7, 11) is 4.39. The van der Waals surface area contributed by atoms with Crippen LogP contribution in [-0.4, -0.2) is 49.1 Å². The van der Waals surface area contributed by atoms with Gasteiger partial charge >= 0.3 is 0 Å². The van der Waals surface area contributed by atoms with E-state index in [1.165, 1.54) is 43.5 Å². The summed E-state index contributed by atoms with van der Waals surface area (Å²) in [5.41, 5.74) is 2.98. The number of benzene rings is 1. The zero-order valence-corrected chi connectivity index (χ0v) is 12.8. The third kappa shape index (κ3) is 3.60. The molecule has 20 heavy (non-hydrogen) atoms. The predicted octanol–water partition coefficient (Wildman–Crippen LogP) is 2.07. The van der Waals surface area contributed by atoms with Crippen LogP contribution in [0.1, 0.15) is 30.4 Å². The van der Waals surface area contributed by atoms with Crippen LogP contribution in [0.25, 0.3) is 0 Å². The number of likely N-dealkylation sites (tertiary alicyclic amines) is 1. The number of hydrogen-bond donors (Lipinski definition) is 1. The first-order valence-corrected chi connectivity index (χ1v) is 7.91. The van der Waals surface area contributed by atoms with Gasteiger partial charge in [-0.15, -0.1) is 0 Å². The highest BCUT2D eigenvalue weighted by molar-refractivity contribution is 5.27. The van der Waals surface area contributed by atoms with Crippen molar-refractivity contribution in [3.05, 3.63) is 35.4 Å². The van der Waals surface area contributed by atoms with Crippen molar-refractivity contribution >= 4 is 0 Å². The predicted molar refractivity (Wildman–Crippen MR) is 83.7 cm³/mol. The van der Waals surface area contributed by atoms with Crippen LogP contribution in [0.15, 0.2) is 24.3 Å². The first-order valence-electron chi connectivity index (χ1n) is 7.91. The van der Waals surface area contributed by atoms with Gasteiger partial charge in [-0.3, -0.25) is 4.90 Å². The highest BCUT2D eigenvalue weighted by Gasteiger charge is 2.24. The fourth-order valence-corrected chi connectivity index (χ4v) is 3.04. The average molecular weight is 273 g/mol. The molecule has 0 radical (unpaired) electrons. The van der Waals surface area contributed by atoms with E-state index in [2.05, 4.69) is 53.5 Å². The van der Waals surface area contributed by atoms with Gasteiger partial charge in [0.05, 0.1) is 0 Å². The lowest BCUT2D eigenvalue weighted by atomic mass is 10.1. The summed E-state index contributed by atoms with van der Waals surface area (Å²) in [6, 6.07) is 10.4. The molecule has 3 rings (SSSR count). The summed E-state index contributed by atoms with van der Waals surface area (Å²) < 4.78 is 0. The Labute approximate surface area is 123 Å². The Bertz CT molecular complexity index is 440. The Balaban J connectivity index is 1.58. The first-order chi connectivity index (χ1) is 9.72. The molecule has 1 saturated carbocycles. The number of rotatable bonds is 6. The Kier molecular flexibility index (Phi) is 4.39. The van der Waals surface area contributed by atoms with Crippen molar-refractivity contribution in [2.45, 2.75) is 44.4 Å². The lowest BCUT2D eigenvalue weighted by Gasteiger charge is -2.21. The maximum atomic E-state index is 3.64. The van der Waals surface area contributed by atoms with Gasteiger partial charge in [-0.2, -0.15) is 0 Å². The van der Waals surface area contributed by atoms with Gasteiger partial charge in [0.1, 0.15) is 0 Å². The minimum atomic E-state index is 0.728. The second-order valence-corrected chi connectivity index (χ2v) is 6.57. The zero-order chi connectivity index (χ0) is 13.9. The molecule has 3 nitrogen and oxygen atoms in total. The molecule has 0 aromatic heterocycles. The molecule has 2 aliphatic rings. The van der Waals surface area contributed by atoms with Crippen LogP contribution in [-0.2, 0) is 13.1 Å². The maximum absolute atomic E-state index is 3.64. The van der Waals surface area contributed by atoms with Crippen LogP contribution in [0.5, 0.6) is 0 Å². The summed E-state index contributed by atoms with van der Waals surface area (Å²) in [6.45, 7) is 4.57. The highest BCUT2D eigenvalue weighted by atomic mass is 15.2. The van der Waals surface area contributed by atoms with E-state index in [-0.39, 0.29) is 0 Å². The quantitative estimate of drug-likeness (QED) is 0.856. The monoisotopic (exact) mass is 273 g/mol. The van der Waals surface area contributed by atoms with Gasteiger partial charge < -0.3 is 10.2 Å². The van der Waals surface area contributed by atoms with Gasteiger partial charge in [0, 0.05) is 38.3 Å². The van der Waals surface area contributed by atoms with E-state index in [0.29, 0.717) is 0 Å². The van der Waals surface area contributed by atoms with E-state index in [1.807, 2.05) is 0 Å². The molecule has 1 N–H and O–H groups in total. The lowest BCUT2D eigenvalue weighted by Crippen LogP contribution is -2.31. The topological polar surface area (TPSA) is 18.5 Å². The van der Waals surface area contributed by atoms with Gasteiger partial charge in [-0.1, -0.05) is 24.3 Å². The van der Waals surface area contributed by atoms with E-state index >= 15 is 0 Å². The summed E-state index contributed by atoms with van der Waals surface area (Å²) >= 11 is 0. The number of nitrogens with one attached hydrogen (secondary N) is 1. The molecule has 2 fully saturated rings. The number of hydrogen-bond acceptors (Lipinski definition) is 3. The SMILES string of the molecule is CN(C)C1CCN(Cc2ccccc2CNC2CC2)C1. The third-order valence-corrected chi connectivity index (χ3v) is 4.65. The second-order valence-electron chi connectivity index (χ2n) is 6.57. The molecule has 1 saturated heterocycles. The summed E-state index contributed by atoms with van der Waals surface area (Å²) in [5.74, 6) is 0. The molecule has 110 valence electrons. The maximum Gasteiger partial charge on any atom is 0.0237 e. The molecular weight excluding hydrogens is 246 g/mol. The lowest BCUT2D eigenvalue weighted by molar-refractivity contribution is 0.264. The summed E-state index contributed by atoms with van der Waals surface area (Å²) in [4.78, 5) is 4.96. The fraction of sp³-hybridized carbons (Fsp3) is 0.647. The second kappa shape index (κ2) is 6.25. The zero-order valence-electron chi connectivity index (χ0n) is 12.8. The van der Waals surface area contributed by atoms with Crippen molar-refractivity contribution in [2.24, 2.45) is 0 Å².